The van der Waals surface area contributed by atoms with Crippen molar-refractivity contribution < 1.29 is 0 Å². The Kier molecular flexibility index (Phi) is 8.39. The molecule has 1 fully saturated rings. The van der Waals surface area contributed by atoms with Crippen molar-refractivity contribution in [3.8, 4) is 11.1 Å². The Morgan fingerprint density at radius 1 is 0.517 bits per heavy atom. The van der Waals surface area contributed by atoms with Gasteiger partial charge in [-0.1, -0.05) is 157 Å². The van der Waals surface area contributed by atoms with Gasteiger partial charge < -0.3 is 9.80 Å². The van der Waals surface area contributed by atoms with E-state index in [0.29, 0.717) is 0 Å². The maximum absolute atomic E-state index is 2.88. The second-order valence-electron chi connectivity index (χ2n) is 23.2. The van der Waals surface area contributed by atoms with Gasteiger partial charge in [-0.05, 0) is 134 Å². The highest BCUT2D eigenvalue weighted by Gasteiger charge is 2.61. The third-order valence-electron chi connectivity index (χ3n) is 15.1. The van der Waals surface area contributed by atoms with Gasteiger partial charge >= 0.3 is 0 Å². The first-order chi connectivity index (χ1) is 26.9. The van der Waals surface area contributed by atoms with Crippen LogP contribution in [-0.4, -0.2) is 12.3 Å². The topological polar surface area (TPSA) is 6.48 Å². The van der Waals surface area contributed by atoms with Crippen molar-refractivity contribution in [1.82, 2.24) is 0 Å². The minimum atomic E-state index is -0.0130. The molecule has 9 rings (SSSR count). The fourth-order valence-corrected chi connectivity index (χ4v) is 11.2. The molecule has 5 aromatic rings. The molecule has 1 saturated carbocycles. The van der Waals surface area contributed by atoms with E-state index in [-0.39, 0.29) is 39.3 Å². The Morgan fingerprint density at radius 3 is 1.72 bits per heavy atom. The molecule has 0 bridgehead atoms. The molecule has 3 heteroatoms. The van der Waals surface area contributed by atoms with Crippen molar-refractivity contribution in [2.24, 2.45) is 0 Å². The second-order valence-corrected chi connectivity index (χ2v) is 23.2. The Labute approximate surface area is 351 Å². The summed E-state index contributed by atoms with van der Waals surface area (Å²) in [7, 11) is 0. The van der Waals surface area contributed by atoms with Gasteiger partial charge in [-0.15, -0.1) is 0 Å². The molecule has 4 aliphatic rings. The SMILES string of the molecule is Cc1cc2c3c(c1)N1c4c(cc(C(C)(C)C)cc4C4(C)CCCCC14C)B3c1ccc(C(C)(C)C)cc1N2c1ccc(C(C)(C)C)cc1-c1ccc(C(C)(C)C)cc1. The van der Waals surface area contributed by atoms with E-state index >= 15 is 0 Å². The molecule has 5 aromatic carbocycles. The van der Waals surface area contributed by atoms with Crippen LogP contribution in [-0.2, 0) is 27.1 Å². The number of hydrogen-bond acceptors (Lipinski definition) is 2. The summed E-state index contributed by atoms with van der Waals surface area (Å²) in [4.78, 5) is 5.57. The van der Waals surface area contributed by atoms with Crippen molar-refractivity contribution in [3.63, 3.8) is 0 Å². The van der Waals surface area contributed by atoms with Crippen LogP contribution in [0.2, 0.25) is 0 Å². The van der Waals surface area contributed by atoms with Gasteiger partial charge in [0.2, 0.25) is 0 Å². The Balaban J connectivity index is 1.40. The van der Waals surface area contributed by atoms with E-state index in [4.69, 9.17) is 0 Å². The monoisotopic (exact) mass is 767 g/mol. The molecule has 0 radical (unpaired) electrons. The molecule has 0 aromatic heterocycles. The number of rotatable bonds is 2. The Bertz CT molecular complexity index is 2490. The number of anilines is 5. The molecule has 0 saturated heterocycles. The molecule has 0 N–H and O–H groups in total. The molecular weight excluding hydrogens is 699 g/mol. The zero-order chi connectivity index (χ0) is 41.7. The van der Waals surface area contributed by atoms with Crippen molar-refractivity contribution in [1.29, 1.82) is 0 Å². The van der Waals surface area contributed by atoms with Gasteiger partial charge in [0.25, 0.3) is 6.71 Å². The van der Waals surface area contributed by atoms with Crippen molar-refractivity contribution in [2.45, 2.75) is 162 Å². The summed E-state index contributed by atoms with van der Waals surface area (Å²) in [6.07, 6.45) is 5.00. The smallest absolute Gasteiger partial charge is 0.252 e. The van der Waals surface area contributed by atoms with E-state index in [1.165, 1.54) is 109 Å². The summed E-state index contributed by atoms with van der Waals surface area (Å²) in [5.74, 6) is 0. The second kappa shape index (κ2) is 12.4. The quantitative estimate of drug-likeness (QED) is 0.162. The molecule has 58 heavy (non-hydrogen) atoms. The predicted molar refractivity (Wildman–Crippen MR) is 254 cm³/mol. The minimum Gasteiger partial charge on any atom is -0.335 e. The van der Waals surface area contributed by atoms with Crippen LogP contribution in [0.25, 0.3) is 11.1 Å². The first-order valence-corrected chi connectivity index (χ1v) is 22.3. The molecule has 2 atom stereocenters. The minimum absolute atomic E-state index is 0.00388. The number of nitrogens with zero attached hydrogens (tertiary/aromatic N) is 2. The fourth-order valence-electron chi connectivity index (χ4n) is 11.2. The first kappa shape index (κ1) is 39.2. The summed E-state index contributed by atoms with van der Waals surface area (Å²) >= 11 is 0. The van der Waals surface area contributed by atoms with Gasteiger partial charge in [0.05, 0.1) is 11.2 Å². The molecule has 3 heterocycles. The molecule has 0 spiro atoms. The maximum Gasteiger partial charge on any atom is 0.252 e. The lowest BCUT2D eigenvalue weighted by Gasteiger charge is -2.53. The average molecular weight is 767 g/mol. The first-order valence-electron chi connectivity index (χ1n) is 22.3. The van der Waals surface area contributed by atoms with E-state index in [1.807, 2.05) is 0 Å². The summed E-state index contributed by atoms with van der Waals surface area (Å²) < 4.78 is 0. The van der Waals surface area contributed by atoms with Crippen LogP contribution in [0.15, 0.2) is 84.9 Å². The maximum atomic E-state index is 2.88. The largest absolute Gasteiger partial charge is 0.335 e. The summed E-state index contributed by atoms with van der Waals surface area (Å²) in [6, 6.07) is 34.6. The van der Waals surface area contributed by atoms with E-state index in [2.05, 4.69) is 199 Å². The highest BCUT2D eigenvalue weighted by molar-refractivity contribution is 7.00. The highest BCUT2D eigenvalue weighted by Crippen LogP contribution is 2.62. The van der Waals surface area contributed by atoms with Crippen LogP contribution in [0, 0.1) is 6.92 Å². The number of fused-ring (bicyclic) bond motifs is 7. The average Bonchev–Trinajstić information content (AvgIpc) is 3.35. The van der Waals surface area contributed by atoms with Gasteiger partial charge in [0, 0.05) is 33.7 Å². The van der Waals surface area contributed by atoms with Crippen LogP contribution < -0.4 is 26.2 Å². The molecular formula is C55H67BN2. The number of hydrogen-bond donors (Lipinski definition) is 0. The van der Waals surface area contributed by atoms with Crippen molar-refractivity contribution in [2.75, 3.05) is 9.80 Å². The van der Waals surface area contributed by atoms with Crippen LogP contribution >= 0.6 is 0 Å². The van der Waals surface area contributed by atoms with Crippen LogP contribution in [0.3, 0.4) is 0 Å². The molecule has 2 unspecified atom stereocenters. The summed E-state index contributed by atoms with van der Waals surface area (Å²) in [6.45, 7) is 35.9. The van der Waals surface area contributed by atoms with E-state index in [0.717, 1.165) is 0 Å². The molecule has 1 aliphatic carbocycles. The highest BCUT2D eigenvalue weighted by atomic mass is 15.3. The number of benzene rings is 5. The summed E-state index contributed by atoms with van der Waals surface area (Å²) in [5.41, 5.74) is 22.4. The molecule has 2 nitrogen and oxygen atoms in total. The van der Waals surface area contributed by atoms with E-state index in [9.17, 15) is 0 Å². The molecule has 3 aliphatic heterocycles. The third-order valence-corrected chi connectivity index (χ3v) is 15.1. The molecule has 0 amide bonds. The molecule has 300 valence electrons. The zero-order valence-corrected chi connectivity index (χ0v) is 38.4. The zero-order valence-electron chi connectivity index (χ0n) is 38.4. The lowest BCUT2D eigenvalue weighted by molar-refractivity contribution is 0.195. The van der Waals surface area contributed by atoms with Gasteiger partial charge in [-0.2, -0.15) is 0 Å². The normalized spacial score (nSPS) is 21.1. The van der Waals surface area contributed by atoms with Gasteiger partial charge in [0.15, 0.2) is 0 Å². The lowest BCUT2D eigenvalue weighted by atomic mass is 9.33. The number of aryl methyl sites for hydroxylation is 1. The van der Waals surface area contributed by atoms with E-state index < -0.39 is 0 Å². The Hall–Kier alpha value is -4.24. The summed E-state index contributed by atoms with van der Waals surface area (Å²) in [5, 5.41) is 0. The van der Waals surface area contributed by atoms with E-state index in [1.54, 1.807) is 5.56 Å². The van der Waals surface area contributed by atoms with Gasteiger partial charge in [-0.3, -0.25) is 0 Å². The van der Waals surface area contributed by atoms with Gasteiger partial charge in [0.1, 0.15) is 0 Å². The van der Waals surface area contributed by atoms with Gasteiger partial charge in [-0.25, -0.2) is 0 Å². The Morgan fingerprint density at radius 2 is 1.09 bits per heavy atom. The van der Waals surface area contributed by atoms with Crippen molar-refractivity contribution in [3.05, 3.63) is 118 Å². The lowest BCUT2D eigenvalue weighted by Crippen LogP contribution is -2.64. The predicted octanol–water partition coefficient (Wildman–Crippen LogP) is 13.2. The third kappa shape index (κ3) is 5.64. The van der Waals surface area contributed by atoms with Crippen LogP contribution in [0.4, 0.5) is 28.4 Å². The fraction of sp³-hybridized carbons (Fsp3) is 0.455. The van der Waals surface area contributed by atoms with Crippen LogP contribution in [0.1, 0.15) is 156 Å². The van der Waals surface area contributed by atoms with Crippen molar-refractivity contribution >= 4 is 51.5 Å². The van der Waals surface area contributed by atoms with Crippen LogP contribution in [0.5, 0.6) is 0 Å². The standard InChI is InChI=1S/C55H67BN2/c1-34-28-46-48-47(29-34)58-49-41(54(14)26-16-17-27-55(54,58)15)31-39(53(11,12)13)32-43(49)56(48)42-24-22-38(52(8,9)10)33-45(42)57(46)44-25-23-37(51(5,6)7)30-40(44)35-18-20-36(21-19-35)50(2,3)4/h18-25,28-33H,16-17,26-27H2,1-15H3.